The number of carbonyl (C=O) groups excluding carboxylic acids is 3. The zero-order valence-electron chi connectivity index (χ0n) is 17.1. The number of nitrogens with one attached hydrogen (secondary N) is 1. The smallest absolute Gasteiger partial charge is 0.322 e. The molecule has 168 valence electrons. The Morgan fingerprint density at radius 3 is 2.52 bits per heavy atom. The van der Waals surface area contributed by atoms with Crippen LogP contribution in [0, 0.1) is 0 Å². The normalized spacial score (nSPS) is 11.3. The number of halogens is 1. The van der Waals surface area contributed by atoms with Crippen LogP contribution < -0.4 is 15.4 Å². The molecule has 0 aliphatic rings. The number of rotatable bonds is 10. The molecule has 2 rings (SSSR count). The fourth-order valence-electron chi connectivity index (χ4n) is 2.71. The summed E-state index contributed by atoms with van der Waals surface area (Å²) < 4.78 is 25.1. The number of para-hydroxylation sites is 1. The number of benzene rings is 1. The first-order chi connectivity index (χ1) is 14.5. The lowest BCUT2D eigenvalue weighted by Gasteiger charge is -2.21. The fraction of sp³-hybridized carbons (Fsp3) is 0.368. The number of aromatic nitrogens is 1. The number of ketones is 1. The Morgan fingerprint density at radius 2 is 1.90 bits per heavy atom. The van der Waals surface area contributed by atoms with Crippen LogP contribution >= 0.6 is 22.9 Å². The maximum absolute atomic E-state index is 12.8. The second-order valence-electron chi connectivity index (χ2n) is 6.71. The zero-order valence-corrected chi connectivity index (χ0v) is 19.4. The van der Waals surface area contributed by atoms with Crippen molar-refractivity contribution in [2.24, 2.45) is 5.73 Å². The lowest BCUT2D eigenvalue weighted by Crippen LogP contribution is -2.38. The minimum absolute atomic E-state index is 0.00657. The van der Waals surface area contributed by atoms with Gasteiger partial charge in [0.1, 0.15) is 4.34 Å². The second-order valence-corrected chi connectivity index (χ2v) is 10.1. The van der Waals surface area contributed by atoms with Gasteiger partial charge in [0.25, 0.3) is 0 Å². The van der Waals surface area contributed by atoms with E-state index < -0.39 is 21.8 Å². The summed E-state index contributed by atoms with van der Waals surface area (Å²) >= 11 is 7.04. The van der Waals surface area contributed by atoms with Gasteiger partial charge in [-0.2, -0.15) is 0 Å². The number of Topliss-reactive ketones (excluding diaryl/α,β-unsaturated/α-hetero) is 1. The van der Waals surface area contributed by atoms with E-state index in [4.69, 9.17) is 17.3 Å². The Morgan fingerprint density at radius 1 is 1.23 bits per heavy atom. The van der Waals surface area contributed by atoms with Crippen LogP contribution in [0.4, 0.5) is 10.8 Å². The molecule has 2 aromatic rings. The second kappa shape index (κ2) is 10.8. The highest BCUT2D eigenvalue weighted by Crippen LogP contribution is 2.36. The molecule has 0 aliphatic carbocycles. The minimum Gasteiger partial charge on any atom is -0.361 e. The molecule has 3 N–H and O–H groups in total. The summed E-state index contributed by atoms with van der Waals surface area (Å²) in [6.07, 6.45) is 3.79. The van der Waals surface area contributed by atoms with E-state index in [1.54, 1.807) is 18.2 Å². The summed E-state index contributed by atoms with van der Waals surface area (Å²) in [5, 5.41) is -0.00657. The number of unbranched alkanes of at least 4 members (excludes halogenated alkanes) is 2. The van der Waals surface area contributed by atoms with Crippen LogP contribution in [0.3, 0.4) is 0 Å². The highest BCUT2D eigenvalue weighted by molar-refractivity contribution is 7.88. The van der Waals surface area contributed by atoms with Crippen molar-refractivity contribution in [2.75, 3.05) is 11.2 Å². The summed E-state index contributed by atoms with van der Waals surface area (Å²) in [6, 6.07) is 6.34. The van der Waals surface area contributed by atoms with Gasteiger partial charge in [0, 0.05) is 12.0 Å². The quantitative estimate of drug-likeness (QED) is 0.300. The van der Waals surface area contributed by atoms with Crippen molar-refractivity contribution in [1.82, 2.24) is 9.71 Å². The van der Waals surface area contributed by atoms with Crippen molar-refractivity contribution >= 4 is 61.4 Å². The van der Waals surface area contributed by atoms with Gasteiger partial charge in [-0.3, -0.25) is 14.4 Å². The van der Waals surface area contributed by atoms with Crippen LogP contribution in [0.1, 0.15) is 48.7 Å². The first-order valence-corrected chi connectivity index (χ1v) is 12.5. The van der Waals surface area contributed by atoms with E-state index in [0.717, 1.165) is 35.3 Å². The molecule has 0 saturated heterocycles. The van der Waals surface area contributed by atoms with E-state index in [1.807, 2.05) is 6.92 Å². The van der Waals surface area contributed by atoms with Crippen molar-refractivity contribution in [3.63, 3.8) is 0 Å². The van der Waals surface area contributed by atoms with Crippen molar-refractivity contribution in [1.29, 1.82) is 0 Å². The zero-order chi connectivity index (χ0) is 23.2. The first kappa shape index (κ1) is 24.9. The molecule has 9 nitrogen and oxygen atoms in total. The summed E-state index contributed by atoms with van der Waals surface area (Å²) in [7, 11) is -3.50. The molecule has 31 heavy (non-hydrogen) atoms. The molecular formula is C19H23ClN4O5S2. The Hall–Kier alpha value is -2.34. The molecular weight excluding hydrogens is 464 g/mol. The van der Waals surface area contributed by atoms with Crippen LogP contribution in [0.5, 0.6) is 0 Å². The van der Waals surface area contributed by atoms with Gasteiger partial charge < -0.3 is 5.73 Å². The largest absolute Gasteiger partial charge is 0.361 e. The number of hydrogen-bond acceptors (Lipinski definition) is 7. The van der Waals surface area contributed by atoms with Gasteiger partial charge >= 0.3 is 11.8 Å². The van der Waals surface area contributed by atoms with E-state index in [9.17, 15) is 22.8 Å². The monoisotopic (exact) mass is 486 g/mol. The third-order valence-electron chi connectivity index (χ3n) is 4.20. The lowest BCUT2D eigenvalue weighted by atomic mass is 10.0. The standard InChI is InChI=1S/C19H23ClN4O5S2/c1-3-4-5-10-15(25)12-8-6-7-9-14(12)24(18(27)17(21)26)19-23-13(16(20)30-19)11-22-31(2,28)29/h6-9,22H,3-5,10-11H2,1-2H3,(H2,21,26). The Kier molecular flexibility index (Phi) is 8.69. The molecule has 2 amide bonds. The Bertz CT molecular complexity index is 1080. The van der Waals surface area contributed by atoms with Gasteiger partial charge in [0.15, 0.2) is 10.9 Å². The van der Waals surface area contributed by atoms with E-state index in [1.165, 1.54) is 6.07 Å². The highest BCUT2D eigenvalue weighted by atomic mass is 35.5. The van der Waals surface area contributed by atoms with E-state index in [-0.39, 0.29) is 45.2 Å². The van der Waals surface area contributed by atoms with Crippen molar-refractivity contribution in [3.8, 4) is 0 Å². The average Bonchev–Trinajstić information content (AvgIpc) is 3.06. The van der Waals surface area contributed by atoms with Gasteiger partial charge in [0.05, 0.1) is 24.2 Å². The molecule has 1 aromatic heterocycles. The third-order valence-corrected chi connectivity index (χ3v) is 6.19. The Balaban J connectivity index is 2.49. The number of sulfonamides is 1. The van der Waals surface area contributed by atoms with Crippen LogP contribution in [0.15, 0.2) is 24.3 Å². The SMILES string of the molecule is CCCCCC(=O)c1ccccc1N(C(=O)C(N)=O)c1nc(CNS(C)(=O)=O)c(Cl)s1. The molecule has 1 heterocycles. The highest BCUT2D eigenvalue weighted by Gasteiger charge is 2.30. The number of thiazole rings is 1. The number of nitrogens with two attached hydrogens (primary N) is 1. The summed E-state index contributed by atoms with van der Waals surface area (Å²) in [5.41, 5.74) is 5.80. The van der Waals surface area contributed by atoms with E-state index in [2.05, 4.69) is 9.71 Å². The number of nitrogens with zero attached hydrogens (tertiary/aromatic N) is 2. The molecule has 0 atom stereocenters. The molecule has 0 bridgehead atoms. The molecule has 0 spiro atoms. The topological polar surface area (TPSA) is 140 Å². The number of carbonyl (C=O) groups is 3. The number of primary amides is 1. The molecule has 0 unspecified atom stereocenters. The van der Waals surface area contributed by atoms with Gasteiger partial charge in [-0.25, -0.2) is 23.0 Å². The number of amides is 2. The Labute approximate surface area is 189 Å². The van der Waals surface area contributed by atoms with Crippen LogP contribution in [0.25, 0.3) is 0 Å². The maximum Gasteiger partial charge on any atom is 0.322 e. The fourth-order valence-corrected chi connectivity index (χ4v) is 4.25. The van der Waals surface area contributed by atoms with Gasteiger partial charge in [-0.05, 0) is 18.6 Å². The van der Waals surface area contributed by atoms with Gasteiger partial charge in [0.2, 0.25) is 10.0 Å². The summed E-state index contributed by atoms with van der Waals surface area (Å²) in [6.45, 7) is 1.82. The van der Waals surface area contributed by atoms with Gasteiger partial charge in [-0.1, -0.05) is 54.8 Å². The van der Waals surface area contributed by atoms with Crippen LogP contribution in [0.2, 0.25) is 4.34 Å². The summed E-state index contributed by atoms with van der Waals surface area (Å²) in [5.74, 6) is -2.52. The van der Waals surface area contributed by atoms with Crippen molar-refractivity contribution in [2.45, 2.75) is 39.2 Å². The predicted molar refractivity (Wildman–Crippen MR) is 120 cm³/mol. The number of anilines is 2. The average molecular weight is 487 g/mol. The lowest BCUT2D eigenvalue weighted by molar-refractivity contribution is -0.135. The molecule has 12 heteroatoms. The molecule has 1 aromatic carbocycles. The molecule has 0 radical (unpaired) electrons. The van der Waals surface area contributed by atoms with Gasteiger partial charge in [-0.15, -0.1) is 0 Å². The maximum atomic E-state index is 12.8. The van der Waals surface area contributed by atoms with Crippen molar-refractivity contribution in [3.05, 3.63) is 39.9 Å². The first-order valence-electron chi connectivity index (χ1n) is 9.41. The predicted octanol–water partition coefficient (Wildman–Crippen LogP) is 2.76. The van der Waals surface area contributed by atoms with Crippen molar-refractivity contribution < 1.29 is 22.8 Å². The summed E-state index contributed by atoms with van der Waals surface area (Å²) in [4.78, 5) is 42.3. The third kappa shape index (κ3) is 6.82. The molecule has 0 saturated carbocycles. The molecule has 0 fully saturated rings. The number of hydrogen-bond donors (Lipinski definition) is 2. The van der Waals surface area contributed by atoms with Crippen LogP contribution in [-0.4, -0.2) is 37.3 Å². The molecule has 0 aliphatic heterocycles. The minimum atomic E-state index is -3.50. The van der Waals surface area contributed by atoms with E-state index >= 15 is 0 Å². The van der Waals surface area contributed by atoms with E-state index in [0.29, 0.717) is 6.42 Å². The van der Waals surface area contributed by atoms with Crippen LogP contribution in [-0.2, 0) is 26.2 Å².